The Morgan fingerprint density at radius 2 is 1.78 bits per heavy atom. The molecular weight excluding hydrogens is 447 g/mol. The summed E-state index contributed by atoms with van der Waals surface area (Å²) in [5, 5.41) is 3.94. The number of ether oxygens (including phenoxy) is 1. The zero-order valence-electron chi connectivity index (χ0n) is 19.2. The van der Waals surface area contributed by atoms with Crippen molar-refractivity contribution in [2.75, 3.05) is 6.61 Å². The first-order valence-electron chi connectivity index (χ1n) is 10.9. The summed E-state index contributed by atoms with van der Waals surface area (Å²) in [6, 6.07) is 12.3. The molecule has 5 nitrogen and oxygen atoms in total. The van der Waals surface area contributed by atoms with Gasteiger partial charge in [0.05, 0.1) is 6.61 Å². The van der Waals surface area contributed by atoms with Crippen LogP contribution in [0.3, 0.4) is 0 Å². The molecule has 0 aliphatic carbocycles. The monoisotopic (exact) mass is 478 g/mol. The maximum Gasteiger partial charge on any atom is 0.242 e. The zero-order valence-corrected chi connectivity index (χ0v) is 20.7. The summed E-state index contributed by atoms with van der Waals surface area (Å²) >= 11 is 12.3. The van der Waals surface area contributed by atoms with Gasteiger partial charge in [0.15, 0.2) is 0 Å². The van der Waals surface area contributed by atoms with Gasteiger partial charge in [-0.15, -0.1) is 0 Å². The minimum absolute atomic E-state index is 0.0314. The molecule has 0 aliphatic rings. The Morgan fingerprint density at radius 1 is 1.09 bits per heavy atom. The number of hydrogen-bond acceptors (Lipinski definition) is 3. The van der Waals surface area contributed by atoms with Gasteiger partial charge < -0.3 is 15.0 Å². The number of nitrogens with one attached hydrogen (secondary N) is 1. The molecule has 0 bridgehead atoms. The highest BCUT2D eigenvalue weighted by atomic mass is 35.5. The molecule has 0 spiro atoms. The van der Waals surface area contributed by atoms with Gasteiger partial charge in [-0.1, -0.05) is 53.9 Å². The van der Waals surface area contributed by atoms with Crippen LogP contribution >= 0.6 is 23.2 Å². The van der Waals surface area contributed by atoms with Gasteiger partial charge in [-0.2, -0.15) is 0 Å². The van der Waals surface area contributed by atoms with Crippen molar-refractivity contribution in [2.45, 2.75) is 65.6 Å². The zero-order chi connectivity index (χ0) is 23.7. The normalized spacial score (nSPS) is 12.7. The van der Waals surface area contributed by atoms with Crippen molar-refractivity contribution in [1.82, 2.24) is 10.2 Å². The van der Waals surface area contributed by atoms with Crippen molar-refractivity contribution in [1.29, 1.82) is 0 Å². The predicted molar refractivity (Wildman–Crippen MR) is 130 cm³/mol. The lowest BCUT2D eigenvalue weighted by atomic mass is 10.1. The molecule has 0 unspecified atom stereocenters. The summed E-state index contributed by atoms with van der Waals surface area (Å²) in [6.07, 6.45) is 1.61. The molecule has 0 aromatic heterocycles. The summed E-state index contributed by atoms with van der Waals surface area (Å²) in [6.45, 7) is 8.33. The maximum absolute atomic E-state index is 13.1. The van der Waals surface area contributed by atoms with E-state index in [0.29, 0.717) is 23.1 Å². The Labute approximate surface area is 201 Å². The molecule has 1 N–H and O–H groups in total. The number of rotatable bonds is 11. The number of amides is 2. The third kappa shape index (κ3) is 8.03. The standard InChI is InChI=1S/C25H32Cl2N2O3/c1-5-18(3)28-25(31)19(4)29(16-20-10-11-21(26)15-23(20)27)24(30)7-6-14-32-22-12-8-17(2)9-13-22/h8-13,15,18-19H,5-7,14,16H2,1-4H3,(H,28,31)/t18-,19+/m1/s1. The molecule has 0 saturated carbocycles. The van der Waals surface area contributed by atoms with E-state index in [4.69, 9.17) is 27.9 Å². The fourth-order valence-corrected chi connectivity index (χ4v) is 3.54. The van der Waals surface area contributed by atoms with Gasteiger partial charge in [0.25, 0.3) is 0 Å². The minimum Gasteiger partial charge on any atom is -0.494 e. The van der Waals surface area contributed by atoms with Crippen molar-refractivity contribution < 1.29 is 14.3 Å². The average molecular weight is 479 g/mol. The number of aryl methyl sites for hydroxylation is 1. The Hall–Kier alpha value is -2.24. The topological polar surface area (TPSA) is 58.6 Å². The Morgan fingerprint density at radius 3 is 2.41 bits per heavy atom. The quantitative estimate of drug-likeness (QED) is 0.415. The lowest BCUT2D eigenvalue weighted by Crippen LogP contribution is -2.49. The summed E-state index contributed by atoms with van der Waals surface area (Å²) in [5.74, 6) is 0.457. The molecule has 0 aliphatic heterocycles. The van der Waals surface area contributed by atoms with E-state index in [9.17, 15) is 9.59 Å². The molecule has 2 aromatic rings. The minimum atomic E-state index is -0.638. The van der Waals surface area contributed by atoms with Gasteiger partial charge in [-0.05, 0) is 63.4 Å². The summed E-state index contributed by atoms with van der Waals surface area (Å²) < 4.78 is 5.73. The van der Waals surface area contributed by atoms with Crippen LogP contribution < -0.4 is 10.1 Å². The van der Waals surface area contributed by atoms with E-state index in [-0.39, 0.29) is 30.8 Å². The van der Waals surface area contributed by atoms with E-state index in [0.717, 1.165) is 23.3 Å². The van der Waals surface area contributed by atoms with E-state index >= 15 is 0 Å². The van der Waals surface area contributed by atoms with E-state index in [1.165, 1.54) is 0 Å². The van der Waals surface area contributed by atoms with E-state index in [1.807, 2.05) is 45.0 Å². The van der Waals surface area contributed by atoms with Gasteiger partial charge in [-0.25, -0.2) is 0 Å². The van der Waals surface area contributed by atoms with Crippen LogP contribution in [0.15, 0.2) is 42.5 Å². The molecular formula is C25H32Cl2N2O3. The fraction of sp³-hybridized carbons (Fsp3) is 0.440. The van der Waals surface area contributed by atoms with Crippen molar-refractivity contribution in [2.24, 2.45) is 0 Å². The molecule has 2 amide bonds. The van der Waals surface area contributed by atoms with Crippen LogP contribution in [-0.2, 0) is 16.1 Å². The highest BCUT2D eigenvalue weighted by Crippen LogP contribution is 2.23. The molecule has 0 heterocycles. The third-order valence-electron chi connectivity index (χ3n) is 5.35. The molecule has 32 heavy (non-hydrogen) atoms. The van der Waals surface area contributed by atoms with Crippen molar-refractivity contribution in [3.8, 4) is 5.75 Å². The summed E-state index contributed by atoms with van der Waals surface area (Å²) in [4.78, 5) is 27.4. The molecule has 174 valence electrons. The van der Waals surface area contributed by atoms with Crippen LogP contribution in [0.1, 0.15) is 51.2 Å². The lowest BCUT2D eigenvalue weighted by molar-refractivity contribution is -0.141. The van der Waals surface area contributed by atoms with Crippen LogP contribution in [0.25, 0.3) is 0 Å². The second-order valence-electron chi connectivity index (χ2n) is 8.02. The smallest absolute Gasteiger partial charge is 0.242 e. The fourth-order valence-electron chi connectivity index (χ4n) is 3.07. The number of carbonyl (C=O) groups excluding carboxylic acids is 2. The molecule has 7 heteroatoms. The van der Waals surface area contributed by atoms with Gasteiger partial charge >= 0.3 is 0 Å². The molecule has 2 atom stereocenters. The Kier molecular flexibility index (Phi) is 10.3. The third-order valence-corrected chi connectivity index (χ3v) is 5.94. The van der Waals surface area contributed by atoms with Gasteiger partial charge in [-0.3, -0.25) is 9.59 Å². The molecule has 0 saturated heterocycles. The van der Waals surface area contributed by atoms with E-state index in [1.54, 1.807) is 30.0 Å². The van der Waals surface area contributed by atoms with Crippen LogP contribution in [0.5, 0.6) is 5.75 Å². The molecule has 2 aromatic carbocycles. The number of benzene rings is 2. The van der Waals surface area contributed by atoms with Crippen LogP contribution in [0.2, 0.25) is 10.0 Å². The SMILES string of the molecule is CC[C@@H](C)NC(=O)[C@H](C)N(Cc1ccc(Cl)cc1Cl)C(=O)CCCOc1ccc(C)cc1. The lowest BCUT2D eigenvalue weighted by Gasteiger charge is -2.30. The van der Waals surface area contributed by atoms with Crippen molar-refractivity contribution in [3.63, 3.8) is 0 Å². The Bertz CT molecular complexity index is 903. The summed E-state index contributed by atoms with van der Waals surface area (Å²) in [7, 11) is 0. The van der Waals surface area contributed by atoms with Crippen LogP contribution in [-0.4, -0.2) is 35.4 Å². The second-order valence-corrected chi connectivity index (χ2v) is 8.86. The average Bonchev–Trinajstić information content (AvgIpc) is 2.76. The largest absolute Gasteiger partial charge is 0.494 e. The predicted octanol–water partition coefficient (Wildman–Crippen LogP) is 5.79. The van der Waals surface area contributed by atoms with Crippen molar-refractivity contribution >= 4 is 35.0 Å². The Balaban J connectivity index is 2.05. The first kappa shape index (κ1) is 26.0. The number of carbonyl (C=O) groups is 2. The first-order chi connectivity index (χ1) is 15.2. The summed E-state index contributed by atoms with van der Waals surface area (Å²) in [5.41, 5.74) is 1.90. The van der Waals surface area contributed by atoms with Crippen LogP contribution in [0.4, 0.5) is 0 Å². The first-order valence-corrected chi connectivity index (χ1v) is 11.7. The second kappa shape index (κ2) is 12.7. The molecule has 0 radical (unpaired) electrons. The van der Waals surface area contributed by atoms with Gasteiger partial charge in [0.2, 0.25) is 11.8 Å². The highest BCUT2D eigenvalue weighted by molar-refractivity contribution is 6.35. The van der Waals surface area contributed by atoms with Gasteiger partial charge in [0, 0.05) is 29.1 Å². The van der Waals surface area contributed by atoms with E-state index in [2.05, 4.69) is 5.32 Å². The van der Waals surface area contributed by atoms with Gasteiger partial charge in [0.1, 0.15) is 11.8 Å². The van der Waals surface area contributed by atoms with E-state index < -0.39 is 6.04 Å². The van der Waals surface area contributed by atoms with Crippen molar-refractivity contribution in [3.05, 3.63) is 63.6 Å². The maximum atomic E-state index is 13.1. The highest BCUT2D eigenvalue weighted by Gasteiger charge is 2.27. The number of nitrogens with zero attached hydrogens (tertiary/aromatic N) is 1. The molecule has 2 rings (SSSR count). The number of hydrogen-bond donors (Lipinski definition) is 1. The van der Waals surface area contributed by atoms with Crippen LogP contribution in [0, 0.1) is 6.92 Å². The molecule has 0 fully saturated rings. The number of halogens is 2.